The first-order chi connectivity index (χ1) is 5.69. The highest BCUT2D eigenvalue weighted by atomic mass is 79.9. The number of nitrogen functional groups attached to an aromatic ring is 1. The number of hydrogen-bond donors (Lipinski definition) is 2. The van der Waals surface area contributed by atoms with Crippen LogP contribution >= 0.6 is 15.9 Å². The minimum absolute atomic E-state index is 0.414. The number of halogens is 1. The molecule has 1 aromatic rings. The lowest BCUT2D eigenvalue weighted by Crippen LogP contribution is -1.96. The van der Waals surface area contributed by atoms with Crippen LogP contribution in [-0.4, -0.2) is 6.21 Å². The van der Waals surface area contributed by atoms with Gasteiger partial charge in [0, 0.05) is 21.9 Å². The van der Waals surface area contributed by atoms with Crippen LogP contribution in [0, 0.1) is 16.7 Å². The zero-order valence-corrected chi connectivity index (χ0v) is 7.72. The molecule has 0 aliphatic heterocycles. The van der Waals surface area contributed by atoms with Crippen LogP contribution in [0.5, 0.6) is 0 Å². The maximum atomic E-state index is 8.67. The van der Waals surface area contributed by atoms with Crippen molar-refractivity contribution in [3.63, 3.8) is 0 Å². The fraction of sp³-hybridized carbons (Fsp3) is 0. The molecule has 3 N–H and O–H groups in total. The second-order valence-electron chi connectivity index (χ2n) is 2.21. The van der Waals surface area contributed by atoms with E-state index in [1.165, 1.54) is 0 Å². The van der Waals surface area contributed by atoms with Crippen LogP contribution < -0.4 is 5.73 Å². The van der Waals surface area contributed by atoms with Crippen molar-refractivity contribution in [2.75, 3.05) is 5.73 Å². The first kappa shape index (κ1) is 8.75. The second-order valence-corrected chi connectivity index (χ2v) is 3.13. The van der Waals surface area contributed by atoms with Gasteiger partial charge in [0.2, 0.25) is 0 Å². The molecule has 0 radical (unpaired) electrons. The van der Waals surface area contributed by atoms with Crippen LogP contribution in [-0.2, 0) is 0 Å². The van der Waals surface area contributed by atoms with E-state index in [1.807, 2.05) is 6.07 Å². The Kier molecular flexibility index (Phi) is 2.46. The summed E-state index contributed by atoms with van der Waals surface area (Å²) in [5.41, 5.74) is 6.90. The number of anilines is 1. The highest BCUT2D eigenvalue weighted by Gasteiger charge is 2.04. The third-order valence-corrected chi connectivity index (χ3v) is 1.90. The SMILES string of the molecule is N#Cc1cc(Br)cc(N)c1C=N. The average Bonchev–Trinajstić information content (AvgIpc) is 2.03. The molecule has 1 rings (SSSR count). The number of hydrogen-bond acceptors (Lipinski definition) is 3. The standard InChI is InChI=1S/C8H6BrN3/c9-6-1-5(3-10)7(4-11)8(12)2-6/h1-2,4,11H,12H2. The third-order valence-electron chi connectivity index (χ3n) is 1.44. The van der Waals surface area contributed by atoms with E-state index >= 15 is 0 Å². The van der Waals surface area contributed by atoms with Gasteiger partial charge in [-0.3, -0.25) is 0 Å². The van der Waals surface area contributed by atoms with Gasteiger partial charge in [0.25, 0.3) is 0 Å². The summed E-state index contributed by atoms with van der Waals surface area (Å²) in [4.78, 5) is 0. The Morgan fingerprint density at radius 2 is 2.25 bits per heavy atom. The summed E-state index contributed by atoms with van der Waals surface area (Å²) in [6.07, 6.45) is 1.08. The average molecular weight is 224 g/mol. The zero-order chi connectivity index (χ0) is 9.14. The molecule has 0 fully saturated rings. The Hall–Kier alpha value is -1.34. The summed E-state index contributed by atoms with van der Waals surface area (Å²) in [6, 6.07) is 5.27. The minimum Gasteiger partial charge on any atom is -0.398 e. The van der Waals surface area contributed by atoms with Crippen LogP contribution in [0.15, 0.2) is 16.6 Å². The Labute approximate surface area is 78.4 Å². The van der Waals surface area contributed by atoms with Gasteiger partial charge in [-0.15, -0.1) is 0 Å². The van der Waals surface area contributed by atoms with E-state index in [9.17, 15) is 0 Å². The van der Waals surface area contributed by atoms with Gasteiger partial charge in [0.05, 0.1) is 11.6 Å². The smallest absolute Gasteiger partial charge is 0.0999 e. The Morgan fingerprint density at radius 1 is 1.58 bits per heavy atom. The molecule has 0 heterocycles. The third kappa shape index (κ3) is 1.46. The van der Waals surface area contributed by atoms with E-state index in [0.717, 1.165) is 10.7 Å². The van der Waals surface area contributed by atoms with Gasteiger partial charge < -0.3 is 11.1 Å². The predicted octanol–water partition coefficient (Wildman–Crippen LogP) is 1.90. The van der Waals surface area contributed by atoms with Crippen molar-refractivity contribution >= 4 is 27.8 Å². The van der Waals surface area contributed by atoms with Crippen LogP contribution in [0.4, 0.5) is 5.69 Å². The molecule has 12 heavy (non-hydrogen) atoms. The van der Waals surface area contributed by atoms with Gasteiger partial charge in [-0.05, 0) is 12.1 Å². The molecule has 0 bridgehead atoms. The van der Waals surface area contributed by atoms with Crippen molar-refractivity contribution in [3.8, 4) is 6.07 Å². The summed E-state index contributed by atoms with van der Waals surface area (Å²) < 4.78 is 0.752. The Bertz CT molecular complexity index is 365. The van der Waals surface area contributed by atoms with Crippen LogP contribution in [0.2, 0.25) is 0 Å². The first-order valence-corrected chi connectivity index (χ1v) is 3.98. The van der Waals surface area contributed by atoms with E-state index < -0.39 is 0 Å². The lowest BCUT2D eigenvalue weighted by molar-refractivity contribution is 1.45. The molecule has 1 aromatic carbocycles. The molecule has 0 aromatic heterocycles. The van der Waals surface area contributed by atoms with Gasteiger partial charge >= 0.3 is 0 Å². The Balaban J connectivity index is 3.46. The number of rotatable bonds is 1. The van der Waals surface area contributed by atoms with Gasteiger partial charge in [0.1, 0.15) is 0 Å². The molecule has 3 nitrogen and oxygen atoms in total. The van der Waals surface area contributed by atoms with Gasteiger partial charge in [-0.1, -0.05) is 15.9 Å². The summed E-state index contributed by atoms with van der Waals surface area (Å²) in [6.45, 7) is 0. The summed E-state index contributed by atoms with van der Waals surface area (Å²) in [5, 5.41) is 15.7. The predicted molar refractivity (Wildman–Crippen MR) is 51.2 cm³/mol. The zero-order valence-electron chi connectivity index (χ0n) is 6.13. The van der Waals surface area contributed by atoms with Gasteiger partial charge in [-0.2, -0.15) is 5.26 Å². The Morgan fingerprint density at radius 3 is 2.75 bits per heavy atom. The molecule has 0 aliphatic rings. The highest BCUT2D eigenvalue weighted by Crippen LogP contribution is 2.21. The van der Waals surface area contributed by atoms with Crippen molar-refractivity contribution < 1.29 is 0 Å². The largest absolute Gasteiger partial charge is 0.398 e. The highest BCUT2D eigenvalue weighted by molar-refractivity contribution is 9.10. The first-order valence-electron chi connectivity index (χ1n) is 3.18. The number of nitrogens with two attached hydrogens (primary N) is 1. The normalized spacial score (nSPS) is 9.00. The maximum absolute atomic E-state index is 8.67. The number of nitrogens with one attached hydrogen (secondary N) is 1. The quantitative estimate of drug-likeness (QED) is 0.564. The van der Waals surface area contributed by atoms with E-state index in [-0.39, 0.29) is 0 Å². The van der Waals surface area contributed by atoms with Gasteiger partial charge in [0.15, 0.2) is 0 Å². The molecule has 0 atom stereocenters. The molecular weight excluding hydrogens is 218 g/mol. The molecular formula is C8H6BrN3. The molecule has 0 unspecified atom stereocenters. The van der Waals surface area contributed by atoms with Crippen LogP contribution in [0.1, 0.15) is 11.1 Å². The fourth-order valence-electron chi connectivity index (χ4n) is 0.893. The van der Waals surface area contributed by atoms with E-state index in [1.54, 1.807) is 12.1 Å². The van der Waals surface area contributed by atoms with Crippen molar-refractivity contribution in [2.24, 2.45) is 0 Å². The number of nitrogens with zero attached hydrogens (tertiary/aromatic N) is 1. The van der Waals surface area contributed by atoms with Crippen LogP contribution in [0.25, 0.3) is 0 Å². The summed E-state index contributed by atoms with van der Waals surface area (Å²) in [7, 11) is 0. The molecule has 4 heteroatoms. The number of benzene rings is 1. The summed E-state index contributed by atoms with van der Waals surface area (Å²) >= 11 is 3.21. The topological polar surface area (TPSA) is 73.7 Å². The number of nitriles is 1. The molecule has 0 saturated heterocycles. The molecule has 60 valence electrons. The second kappa shape index (κ2) is 3.37. The minimum atomic E-state index is 0.414. The maximum Gasteiger partial charge on any atom is 0.0999 e. The molecule has 0 aliphatic carbocycles. The molecule has 0 spiro atoms. The fourth-order valence-corrected chi connectivity index (χ4v) is 1.37. The van der Waals surface area contributed by atoms with Gasteiger partial charge in [-0.25, -0.2) is 0 Å². The van der Waals surface area contributed by atoms with Crippen molar-refractivity contribution in [2.45, 2.75) is 0 Å². The lowest BCUT2D eigenvalue weighted by atomic mass is 10.1. The lowest BCUT2D eigenvalue weighted by Gasteiger charge is -2.01. The van der Waals surface area contributed by atoms with Crippen LogP contribution in [0.3, 0.4) is 0 Å². The summed E-state index contributed by atoms with van der Waals surface area (Å²) in [5.74, 6) is 0. The molecule has 0 amide bonds. The van der Waals surface area contributed by atoms with E-state index in [0.29, 0.717) is 16.8 Å². The monoisotopic (exact) mass is 223 g/mol. The van der Waals surface area contributed by atoms with E-state index in [4.69, 9.17) is 16.4 Å². The van der Waals surface area contributed by atoms with Crippen molar-refractivity contribution in [1.29, 1.82) is 10.7 Å². The molecule has 0 saturated carbocycles. The van der Waals surface area contributed by atoms with Crippen molar-refractivity contribution in [3.05, 3.63) is 27.7 Å². The van der Waals surface area contributed by atoms with E-state index in [2.05, 4.69) is 15.9 Å². The van der Waals surface area contributed by atoms with Crippen molar-refractivity contribution in [1.82, 2.24) is 0 Å².